The standard InChI is InChI=1S/C13H12N4O2/c1-8-13(18)17(7-14-8)11-6-4-3-5-10(11)12-15-9(2)16-19-12/h3-8H,1-2H3. The molecule has 1 aromatic heterocycles. The van der Waals surface area contributed by atoms with Crippen molar-refractivity contribution < 1.29 is 9.32 Å². The molecule has 6 heteroatoms. The summed E-state index contributed by atoms with van der Waals surface area (Å²) in [5.74, 6) is 0.886. The summed E-state index contributed by atoms with van der Waals surface area (Å²) in [6.45, 7) is 3.51. The van der Waals surface area contributed by atoms with E-state index in [1.165, 1.54) is 11.2 Å². The fourth-order valence-corrected chi connectivity index (χ4v) is 1.94. The fraction of sp³-hybridized carbons (Fsp3) is 0.231. The highest BCUT2D eigenvalue weighted by Crippen LogP contribution is 2.30. The molecule has 2 aromatic rings. The highest BCUT2D eigenvalue weighted by atomic mass is 16.5. The van der Waals surface area contributed by atoms with Gasteiger partial charge in [0.05, 0.1) is 17.6 Å². The monoisotopic (exact) mass is 256 g/mol. The van der Waals surface area contributed by atoms with E-state index in [2.05, 4.69) is 15.1 Å². The van der Waals surface area contributed by atoms with Crippen molar-refractivity contribution in [3.8, 4) is 11.5 Å². The molecule has 96 valence electrons. The lowest BCUT2D eigenvalue weighted by atomic mass is 10.1. The Morgan fingerprint density at radius 1 is 1.32 bits per heavy atom. The highest BCUT2D eigenvalue weighted by Gasteiger charge is 2.28. The third kappa shape index (κ3) is 1.91. The first-order valence-corrected chi connectivity index (χ1v) is 5.93. The average molecular weight is 256 g/mol. The predicted octanol–water partition coefficient (Wildman–Crippen LogP) is 1.81. The second kappa shape index (κ2) is 4.31. The summed E-state index contributed by atoms with van der Waals surface area (Å²) in [5, 5.41) is 3.77. The molecule has 0 aliphatic carbocycles. The maximum Gasteiger partial charge on any atom is 0.260 e. The number of hydrogen-bond acceptors (Lipinski definition) is 5. The summed E-state index contributed by atoms with van der Waals surface area (Å²) in [4.78, 5) is 21.8. The number of amides is 1. The number of aliphatic imine (C=N–C) groups is 1. The van der Waals surface area contributed by atoms with Crippen LogP contribution in [0, 0.1) is 6.92 Å². The first kappa shape index (κ1) is 11.6. The molecule has 1 aromatic carbocycles. The zero-order valence-electron chi connectivity index (χ0n) is 10.6. The molecule has 0 spiro atoms. The van der Waals surface area contributed by atoms with Crippen molar-refractivity contribution in [1.29, 1.82) is 0 Å². The Morgan fingerprint density at radius 3 is 2.74 bits per heavy atom. The number of nitrogens with zero attached hydrogens (tertiary/aromatic N) is 4. The van der Waals surface area contributed by atoms with Crippen LogP contribution in [0.1, 0.15) is 12.7 Å². The lowest BCUT2D eigenvalue weighted by Crippen LogP contribution is -2.29. The molecule has 3 rings (SSSR count). The van der Waals surface area contributed by atoms with E-state index in [4.69, 9.17) is 4.52 Å². The molecular weight excluding hydrogens is 244 g/mol. The van der Waals surface area contributed by atoms with Gasteiger partial charge in [0, 0.05) is 0 Å². The van der Waals surface area contributed by atoms with Gasteiger partial charge in [-0.05, 0) is 26.0 Å². The smallest absolute Gasteiger partial charge is 0.260 e. The van der Waals surface area contributed by atoms with E-state index in [9.17, 15) is 4.79 Å². The van der Waals surface area contributed by atoms with Crippen molar-refractivity contribution in [2.45, 2.75) is 19.9 Å². The largest absolute Gasteiger partial charge is 0.334 e. The fourth-order valence-electron chi connectivity index (χ4n) is 1.94. The van der Waals surface area contributed by atoms with Gasteiger partial charge in [-0.1, -0.05) is 17.3 Å². The van der Waals surface area contributed by atoms with Crippen LogP contribution in [0.2, 0.25) is 0 Å². The molecule has 0 saturated heterocycles. The highest BCUT2D eigenvalue weighted by molar-refractivity contribution is 6.16. The second-order valence-electron chi connectivity index (χ2n) is 4.31. The molecule has 1 amide bonds. The SMILES string of the molecule is Cc1noc(-c2ccccc2N2C=NC(C)C2=O)n1. The minimum absolute atomic E-state index is 0.0660. The number of carbonyl (C=O) groups is 1. The van der Waals surface area contributed by atoms with E-state index in [-0.39, 0.29) is 11.9 Å². The Kier molecular flexibility index (Phi) is 2.63. The molecule has 1 aliphatic rings. The van der Waals surface area contributed by atoms with E-state index < -0.39 is 0 Å². The Morgan fingerprint density at radius 2 is 2.11 bits per heavy atom. The molecule has 2 heterocycles. The molecule has 1 aliphatic heterocycles. The van der Waals surface area contributed by atoms with Crippen LogP contribution in [0.25, 0.3) is 11.5 Å². The molecule has 0 saturated carbocycles. The average Bonchev–Trinajstić information content (AvgIpc) is 2.98. The molecule has 1 atom stereocenters. The van der Waals surface area contributed by atoms with Gasteiger partial charge in [0.25, 0.3) is 11.8 Å². The van der Waals surface area contributed by atoms with Gasteiger partial charge < -0.3 is 4.52 Å². The van der Waals surface area contributed by atoms with Gasteiger partial charge >= 0.3 is 0 Å². The Hall–Kier alpha value is -2.50. The number of aromatic nitrogens is 2. The van der Waals surface area contributed by atoms with Crippen molar-refractivity contribution in [1.82, 2.24) is 10.1 Å². The van der Waals surface area contributed by atoms with Gasteiger partial charge in [0.1, 0.15) is 6.04 Å². The topological polar surface area (TPSA) is 71.6 Å². The summed E-state index contributed by atoms with van der Waals surface area (Å²) in [6.07, 6.45) is 1.54. The number of anilines is 1. The normalized spacial score (nSPS) is 18.3. The van der Waals surface area contributed by atoms with E-state index >= 15 is 0 Å². The van der Waals surface area contributed by atoms with Crippen LogP contribution in [0.4, 0.5) is 5.69 Å². The summed E-state index contributed by atoms with van der Waals surface area (Å²) in [5.41, 5.74) is 1.42. The Balaban J connectivity index is 2.08. The van der Waals surface area contributed by atoms with Gasteiger partial charge in [-0.2, -0.15) is 4.98 Å². The lowest BCUT2D eigenvalue weighted by molar-refractivity contribution is -0.117. The summed E-state index contributed by atoms with van der Waals surface area (Å²) in [6, 6.07) is 7.03. The van der Waals surface area contributed by atoms with E-state index in [0.717, 1.165) is 5.56 Å². The number of benzene rings is 1. The number of aryl methyl sites for hydroxylation is 1. The number of hydrogen-bond donors (Lipinski definition) is 0. The summed E-state index contributed by atoms with van der Waals surface area (Å²) in [7, 11) is 0. The van der Waals surface area contributed by atoms with E-state index in [1.807, 2.05) is 24.3 Å². The van der Waals surface area contributed by atoms with Crippen LogP contribution in [0.3, 0.4) is 0 Å². The quantitative estimate of drug-likeness (QED) is 0.821. The van der Waals surface area contributed by atoms with Gasteiger partial charge in [-0.15, -0.1) is 0 Å². The van der Waals surface area contributed by atoms with Crippen molar-refractivity contribution in [2.24, 2.45) is 4.99 Å². The molecule has 0 fully saturated rings. The van der Waals surface area contributed by atoms with Crippen LogP contribution in [0.5, 0.6) is 0 Å². The van der Waals surface area contributed by atoms with Gasteiger partial charge in [-0.3, -0.25) is 14.7 Å². The molecule has 0 N–H and O–H groups in total. The van der Waals surface area contributed by atoms with Crippen LogP contribution in [-0.4, -0.2) is 28.4 Å². The van der Waals surface area contributed by atoms with Crippen LogP contribution in [0.15, 0.2) is 33.8 Å². The molecule has 0 radical (unpaired) electrons. The maximum atomic E-state index is 12.0. The number of carbonyl (C=O) groups excluding carboxylic acids is 1. The van der Waals surface area contributed by atoms with E-state index in [0.29, 0.717) is 17.4 Å². The van der Waals surface area contributed by atoms with Gasteiger partial charge in [0.2, 0.25) is 0 Å². The van der Waals surface area contributed by atoms with E-state index in [1.54, 1.807) is 13.8 Å². The number of rotatable bonds is 2. The number of para-hydroxylation sites is 1. The molecule has 0 bridgehead atoms. The zero-order chi connectivity index (χ0) is 13.4. The molecule has 6 nitrogen and oxygen atoms in total. The minimum Gasteiger partial charge on any atom is -0.334 e. The lowest BCUT2D eigenvalue weighted by Gasteiger charge is -2.15. The maximum absolute atomic E-state index is 12.0. The zero-order valence-corrected chi connectivity index (χ0v) is 10.6. The van der Waals surface area contributed by atoms with Gasteiger partial charge in [-0.25, -0.2) is 0 Å². The summed E-state index contributed by atoms with van der Waals surface area (Å²) >= 11 is 0. The van der Waals surface area contributed by atoms with Crippen molar-refractivity contribution in [2.75, 3.05) is 4.90 Å². The predicted molar refractivity (Wildman–Crippen MR) is 69.9 cm³/mol. The van der Waals surface area contributed by atoms with Crippen LogP contribution in [-0.2, 0) is 4.79 Å². The molecular formula is C13H12N4O2. The van der Waals surface area contributed by atoms with Crippen LogP contribution >= 0.6 is 0 Å². The molecule has 19 heavy (non-hydrogen) atoms. The Labute approximate surface area is 109 Å². The van der Waals surface area contributed by atoms with Crippen molar-refractivity contribution in [3.05, 3.63) is 30.1 Å². The Bertz CT molecular complexity index is 662. The van der Waals surface area contributed by atoms with Crippen molar-refractivity contribution in [3.63, 3.8) is 0 Å². The van der Waals surface area contributed by atoms with Crippen LogP contribution < -0.4 is 4.90 Å². The first-order chi connectivity index (χ1) is 9.16. The molecule has 1 unspecified atom stereocenters. The van der Waals surface area contributed by atoms with Gasteiger partial charge in [0.15, 0.2) is 5.82 Å². The third-order valence-corrected chi connectivity index (χ3v) is 2.92. The second-order valence-corrected chi connectivity index (χ2v) is 4.31. The summed E-state index contributed by atoms with van der Waals surface area (Å²) < 4.78 is 5.17. The third-order valence-electron chi connectivity index (χ3n) is 2.92. The first-order valence-electron chi connectivity index (χ1n) is 5.93. The van der Waals surface area contributed by atoms with Crippen molar-refractivity contribution >= 4 is 17.9 Å². The minimum atomic E-state index is -0.350.